The van der Waals surface area contributed by atoms with E-state index in [-0.39, 0.29) is 0 Å². The molecule has 0 unspecified atom stereocenters. The van der Waals surface area contributed by atoms with Crippen LogP contribution in [-0.2, 0) is 9.59 Å². The van der Waals surface area contributed by atoms with E-state index in [4.69, 9.17) is 4.74 Å². The molecule has 0 aliphatic heterocycles. The molecule has 6 nitrogen and oxygen atoms in total. The van der Waals surface area contributed by atoms with Crippen LogP contribution in [-0.4, -0.2) is 29.0 Å². The highest BCUT2D eigenvalue weighted by Crippen LogP contribution is 2.13. The number of carbonyl (C=O) groups excluding carboxylic acids is 2. The average molecular weight is 321 g/mol. The number of hydrogen-bond acceptors (Lipinski definition) is 4. The van der Waals surface area contributed by atoms with Gasteiger partial charge < -0.3 is 15.2 Å². The predicted octanol–water partition coefficient (Wildman–Crippen LogP) is 2.77. The van der Waals surface area contributed by atoms with Gasteiger partial charge in [-0.1, -0.05) is 32.6 Å². The summed E-state index contributed by atoms with van der Waals surface area (Å²) in [6, 6.07) is 5.07. The second-order valence-corrected chi connectivity index (χ2v) is 5.33. The number of rotatable bonds is 9. The predicted molar refractivity (Wildman–Crippen MR) is 85.4 cm³/mol. The van der Waals surface area contributed by atoms with Crippen LogP contribution in [0.4, 0.5) is 0 Å². The first-order chi connectivity index (χ1) is 10.9. The number of carbonyl (C=O) groups is 3. The summed E-state index contributed by atoms with van der Waals surface area (Å²) in [5.74, 6) is -1.60. The number of ether oxygens (including phenoxy) is 1. The smallest absolute Gasteiger partial charge is 0.326 e. The molecule has 1 atom stereocenters. The number of amides is 1. The van der Waals surface area contributed by atoms with Gasteiger partial charge in [-0.3, -0.25) is 9.59 Å². The van der Waals surface area contributed by atoms with Crippen molar-refractivity contribution in [3.63, 3.8) is 0 Å². The number of benzene rings is 1. The van der Waals surface area contributed by atoms with Crippen molar-refractivity contribution in [2.75, 3.05) is 0 Å². The lowest BCUT2D eigenvalue weighted by molar-refractivity contribution is -0.139. The van der Waals surface area contributed by atoms with Crippen molar-refractivity contribution in [3.05, 3.63) is 29.8 Å². The number of esters is 1. The maximum absolute atomic E-state index is 12.1. The van der Waals surface area contributed by atoms with E-state index in [0.29, 0.717) is 17.7 Å². The monoisotopic (exact) mass is 321 g/mol. The van der Waals surface area contributed by atoms with Crippen LogP contribution in [0.15, 0.2) is 24.3 Å². The maximum atomic E-state index is 12.1. The average Bonchev–Trinajstić information content (AvgIpc) is 2.50. The lowest BCUT2D eigenvalue weighted by atomic mass is 10.1. The van der Waals surface area contributed by atoms with Gasteiger partial charge in [0.25, 0.3) is 5.91 Å². The van der Waals surface area contributed by atoms with Crippen molar-refractivity contribution in [2.24, 2.45) is 0 Å². The number of carboxylic acids is 1. The van der Waals surface area contributed by atoms with Crippen LogP contribution in [0.2, 0.25) is 0 Å². The Hall–Kier alpha value is -2.37. The van der Waals surface area contributed by atoms with Crippen molar-refractivity contribution in [1.29, 1.82) is 0 Å². The highest BCUT2D eigenvalue weighted by atomic mass is 16.5. The van der Waals surface area contributed by atoms with E-state index in [0.717, 1.165) is 25.7 Å². The van der Waals surface area contributed by atoms with Crippen LogP contribution < -0.4 is 10.1 Å². The molecule has 0 saturated heterocycles. The van der Waals surface area contributed by atoms with Gasteiger partial charge in [-0.15, -0.1) is 0 Å². The molecule has 126 valence electrons. The molecule has 1 aromatic carbocycles. The molecule has 0 heterocycles. The standard InChI is InChI=1S/C17H23NO5/c1-3-4-5-6-7-15(17(21)22)18-16(20)13-8-10-14(11-9-13)23-12(2)19/h8-11,15H,3-7H2,1-2H3,(H,18,20)(H,21,22)/t15-/m0/s1. The lowest BCUT2D eigenvalue weighted by Gasteiger charge is -2.14. The molecule has 0 radical (unpaired) electrons. The van der Waals surface area contributed by atoms with E-state index in [2.05, 4.69) is 12.2 Å². The van der Waals surface area contributed by atoms with E-state index in [1.807, 2.05) is 0 Å². The van der Waals surface area contributed by atoms with Crippen LogP contribution in [0.5, 0.6) is 5.75 Å². The van der Waals surface area contributed by atoms with Crippen LogP contribution >= 0.6 is 0 Å². The Morgan fingerprint density at radius 2 is 1.78 bits per heavy atom. The van der Waals surface area contributed by atoms with Gasteiger partial charge in [0, 0.05) is 12.5 Å². The third-order valence-corrected chi connectivity index (χ3v) is 3.33. The Morgan fingerprint density at radius 3 is 2.30 bits per heavy atom. The summed E-state index contributed by atoms with van der Waals surface area (Å²) in [5, 5.41) is 11.7. The number of aliphatic carboxylic acids is 1. The zero-order valence-corrected chi connectivity index (χ0v) is 13.5. The Balaban J connectivity index is 2.60. The third-order valence-electron chi connectivity index (χ3n) is 3.33. The fourth-order valence-electron chi connectivity index (χ4n) is 2.11. The third kappa shape index (κ3) is 6.95. The molecule has 0 saturated carbocycles. The van der Waals surface area contributed by atoms with Gasteiger partial charge in [0.15, 0.2) is 0 Å². The van der Waals surface area contributed by atoms with Crippen molar-refractivity contribution >= 4 is 17.8 Å². The Morgan fingerprint density at radius 1 is 1.13 bits per heavy atom. The molecule has 6 heteroatoms. The Labute approximate surface area is 135 Å². The van der Waals surface area contributed by atoms with Crippen LogP contribution in [0.25, 0.3) is 0 Å². The SMILES string of the molecule is CCCCCC[C@H](NC(=O)c1ccc(OC(C)=O)cc1)C(=O)O. The van der Waals surface area contributed by atoms with Crippen LogP contribution in [0.3, 0.4) is 0 Å². The van der Waals surface area contributed by atoms with Crippen molar-refractivity contribution in [1.82, 2.24) is 5.32 Å². The molecule has 2 N–H and O–H groups in total. The largest absolute Gasteiger partial charge is 0.480 e. The lowest BCUT2D eigenvalue weighted by Crippen LogP contribution is -2.40. The quantitative estimate of drug-likeness (QED) is 0.414. The first kappa shape index (κ1) is 18.7. The highest BCUT2D eigenvalue weighted by molar-refractivity contribution is 5.96. The molecule has 0 aromatic heterocycles. The first-order valence-electron chi connectivity index (χ1n) is 7.76. The minimum atomic E-state index is -1.04. The topological polar surface area (TPSA) is 92.7 Å². The zero-order chi connectivity index (χ0) is 17.2. The summed E-state index contributed by atoms with van der Waals surface area (Å²) in [4.78, 5) is 34.2. The van der Waals surface area contributed by atoms with Crippen molar-refractivity contribution < 1.29 is 24.2 Å². The summed E-state index contributed by atoms with van der Waals surface area (Å²) in [6.45, 7) is 3.37. The summed E-state index contributed by atoms with van der Waals surface area (Å²) in [5.41, 5.74) is 0.320. The molecule has 0 aliphatic rings. The van der Waals surface area contributed by atoms with E-state index < -0.39 is 23.9 Å². The van der Waals surface area contributed by atoms with E-state index in [1.165, 1.54) is 31.2 Å². The van der Waals surface area contributed by atoms with Crippen LogP contribution in [0, 0.1) is 0 Å². The van der Waals surface area contributed by atoms with E-state index >= 15 is 0 Å². The Kier molecular flexibility index (Phi) is 7.80. The van der Waals surface area contributed by atoms with Crippen LogP contribution in [0.1, 0.15) is 56.3 Å². The molecule has 1 aromatic rings. The first-order valence-corrected chi connectivity index (χ1v) is 7.76. The van der Waals surface area contributed by atoms with Gasteiger partial charge >= 0.3 is 11.9 Å². The molecule has 1 rings (SSSR count). The molecule has 1 amide bonds. The summed E-state index contributed by atoms with van der Waals surface area (Å²) in [7, 11) is 0. The van der Waals surface area contributed by atoms with Gasteiger partial charge in [-0.2, -0.15) is 0 Å². The fraction of sp³-hybridized carbons (Fsp3) is 0.471. The molecule has 0 aliphatic carbocycles. The van der Waals surface area contributed by atoms with E-state index in [1.54, 1.807) is 0 Å². The second kappa shape index (κ2) is 9.61. The minimum Gasteiger partial charge on any atom is -0.480 e. The van der Waals surface area contributed by atoms with Gasteiger partial charge in [-0.05, 0) is 30.7 Å². The van der Waals surface area contributed by atoms with Gasteiger partial charge in [-0.25, -0.2) is 4.79 Å². The fourth-order valence-corrected chi connectivity index (χ4v) is 2.11. The summed E-state index contributed by atoms with van der Waals surface area (Å²) in [6.07, 6.45) is 4.24. The maximum Gasteiger partial charge on any atom is 0.326 e. The molecule has 0 fully saturated rings. The molecular formula is C17H23NO5. The molecular weight excluding hydrogens is 298 g/mol. The normalized spacial score (nSPS) is 11.6. The Bertz CT molecular complexity index is 538. The summed E-state index contributed by atoms with van der Waals surface area (Å²) >= 11 is 0. The summed E-state index contributed by atoms with van der Waals surface area (Å²) < 4.78 is 4.88. The number of carboxylic acid groups (broad SMARTS) is 1. The van der Waals surface area contributed by atoms with Gasteiger partial charge in [0.2, 0.25) is 0 Å². The number of unbranched alkanes of at least 4 members (excludes halogenated alkanes) is 3. The van der Waals surface area contributed by atoms with Gasteiger partial charge in [0.1, 0.15) is 11.8 Å². The number of nitrogens with one attached hydrogen (secondary N) is 1. The second-order valence-electron chi connectivity index (χ2n) is 5.33. The molecule has 0 spiro atoms. The highest BCUT2D eigenvalue weighted by Gasteiger charge is 2.20. The van der Waals surface area contributed by atoms with Gasteiger partial charge in [0.05, 0.1) is 0 Å². The van der Waals surface area contributed by atoms with Crippen molar-refractivity contribution in [2.45, 2.75) is 52.0 Å². The molecule has 23 heavy (non-hydrogen) atoms. The van der Waals surface area contributed by atoms with Crippen molar-refractivity contribution in [3.8, 4) is 5.75 Å². The minimum absolute atomic E-state index is 0.320. The van der Waals surface area contributed by atoms with E-state index in [9.17, 15) is 19.5 Å². The molecule has 0 bridgehead atoms. The number of hydrogen-bond donors (Lipinski definition) is 2. The zero-order valence-electron chi connectivity index (χ0n) is 13.5.